The highest BCUT2D eigenvalue weighted by atomic mass is 35.5. The van der Waals surface area contributed by atoms with Gasteiger partial charge in [-0.05, 0) is 76.3 Å². The number of para-hydroxylation sites is 1. The molecule has 9 nitrogen and oxygen atoms in total. The van der Waals surface area contributed by atoms with Gasteiger partial charge in [0.25, 0.3) is 5.91 Å². The molecule has 0 spiro atoms. The Morgan fingerprint density at radius 3 is 2.33 bits per heavy atom. The molecule has 2 aliphatic rings. The van der Waals surface area contributed by atoms with Crippen LogP contribution in [0.3, 0.4) is 0 Å². The van der Waals surface area contributed by atoms with Gasteiger partial charge in [-0.2, -0.15) is 0 Å². The monoisotopic (exact) mass is 602 g/mol. The molecule has 1 aliphatic carbocycles. The van der Waals surface area contributed by atoms with Gasteiger partial charge in [0, 0.05) is 68.6 Å². The number of carbonyl (C=O) groups is 2. The van der Waals surface area contributed by atoms with Crippen molar-refractivity contribution in [2.75, 3.05) is 45.8 Å². The summed E-state index contributed by atoms with van der Waals surface area (Å²) in [7, 11) is 3.26. The van der Waals surface area contributed by atoms with Crippen molar-refractivity contribution in [2.45, 2.75) is 76.5 Å². The molecule has 1 saturated carbocycles. The number of ether oxygens (including phenoxy) is 3. The number of hydrogen-bond acceptors (Lipinski definition) is 6. The van der Waals surface area contributed by atoms with Crippen molar-refractivity contribution in [3.8, 4) is 11.5 Å². The van der Waals surface area contributed by atoms with Crippen LogP contribution in [0.4, 0.5) is 10.5 Å². The first-order chi connectivity index (χ1) is 19.9. The van der Waals surface area contributed by atoms with E-state index in [0.29, 0.717) is 42.4 Å². The second kappa shape index (κ2) is 16.6. The van der Waals surface area contributed by atoms with Crippen LogP contribution in [0.1, 0.15) is 62.7 Å². The van der Waals surface area contributed by atoms with Gasteiger partial charge >= 0.3 is 6.03 Å². The van der Waals surface area contributed by atoms with Crippen LogP contribution in [-0.2, 0) is 4.74 Å². The largest absolute Gasteiger partial charge is 0.493 e. The molecule has 2 fully saturated rings. The summed E-state index contributed by atoms with van der Waals surface area (Å²) >= 11 is 0. The molecule has 0 radical (unpaired) electrons. The molecule has 0 bridgehead atoms. The second-order valence-electron chi connectivity index (χ2n) is 11.2. The molecule has 2 aromatic carbocycles. The van der Waals surface area contributed by atoms with E-state index in [4.69, 9.17) is 14.2 Å². The number of rotatable bonds is 14. The van der Waals surface area contributed by atoms with Crippen LogP contribution in [0.15, 0.2) is 48.5 Å². The normalized spacial score (nSPS) is 18.1. The van der Waals surface area contributed by atoms with E-state index < -0.39 is 0 Å². The summed E-state index contributed by atoms with van der Waals surface area (Å²) in [5, 5.41) is 6.72. The molecule has 10 heteroatoms. The van der Waals surface area contributed by atoms with Gasteiger partial charge in [0.1, 0.15) is 0 Å². The summed E-state index contributed by atoms with van der Waals surface area (Å²) < 4.78 is 16.5. The Hall–Kier alpha value is -3.01. The predicted octanol–water partition coefficient (Wildman–Crippen LogP) is 5.59. The lowest BCUT2D eigenvalue weighted by Gasteiger charge is -2.40. The van der Waals surface area contributed by atoms with Gasteiger partial charge in [-0.1, -0.05) is 18.2 Å². The number of amides is 3. The molecule has 42 heavy (non-hydrogen) atoms. The van der Waals surface area contributed by atoms with E-state index in [9.17, 15) is 9.59 Å². The maximum absolute atomic E-state index is 13.7. The Morgan fingerprint density at radius 1 is 0.976 bits per heavy atom. The van der Waals surface area contributed by atoms with Crippen molar-refractivity contribution >= 4 is 30.0 Å². The van der Waals surface area contributed by atoms with Gasteiger partial charge in [0.15, 0.2) is 11.5 Å². The van der Waals surface area contributed by atoms with Crippen molar-refractivity contribution in [2.24, 2.45) is 0 Å². The molecule has 0 aromatic heterocycles. The molecule has 4 rings (SSSR count). The van der Waals surface area contributed by atoms with E-state index in [0.717, 1.165) is 57.3 Å². The van der Waals surface area contributed by atoms with Crippen molar-refractivity contribution in [3.63, 3.8) is 0 Å². The van der Waals surface area contributed by atoms with E-state index in [2.05, 4.69) is 24.5 Å². The standard InChI is InChI=1S/C32H46N4O5.ClH/c1-23(2)36(31(37)24-11-16-29(40-4)30(21-24)41-20-8-19-39-3)28-13-12-25(33-22-28)17-18-35(27-14-15-27)32(38)34-26-9-6-5-7-10-26;/h5-7,9-11,16,21,23,25,27-28,33H,8,12-15,17-20,22H2,1-4H3,(H,34,38);1H/t25-,28-;/m1./s1. The molecular weight excluding hydrogens is 556 g/mol. The van der Waals surface area contributed by atoms with E-state index in [-0.39, 0.29) is 36.4 Å². The van der Waals surface area contributed by atoms with Crippen LogP contribution in [0.5, 0.6) is 11.5 Å². The number of hydrogen-bond donors (Lipinski definition) is 2. The number of benzene rings is 2. The maximum atomic E-state index is 13.7. The number of urea groups is 1. The molecule has 232 valence electrons. The van der Waals surface area contributed by atoms with E-state index in [1.54, 1.807) is 26.4 Å². The van der Waals surface area contributed by atoms with Gasteiger partial charge in [0.05, 0.1) is 13.7 Å². The summed E-state index contributed by atoms with van der Waals surface area (Å²) in [4.78, 5) is 30.7. The fraction of sp³-hybridized carbons (Fsp3) is 0.562. The first-order valence-electron chi connectivity index (χ1n) is 14.9. The first kappa shape index (κ1) is 33.5. The Bertz CT molecular complexity index is 1120. The lowest BCUT2D eigenvalue weighted by molar-refractivity contribution is 0.0550. The lowest BCUT2D eigenvalue weighted by Crippen LogP contribution is -2.54. The predicted molar refractivity (Wildman–Crippen MR) is 168 cm³/mol. The SMILES string of the molecule is COCCCOc1cc(C(=O)N(C(C)C)[C@@H]2CC[C@H](CCN(C(=O)Nc3ccccc3)C3CC3)NC2)ccc1OC.Cl. The van der Waals surface area contributed by atoms with Crippen molar-refractivity contribution in [1.29, 1.82) is 0 Å². The smallest absolute Gasteiger partial charge is 0.322 e. The minimum atomic E-state index is -0.0227. The van der Waals surface area contributed by atoms with Crippen molar-refractivity contribution < 1.29 is 23.8 Å². The zero-order valence-electron chi connectivity index (χ0n) is 25.3. The van der Waals surface area contributed by atoms with Crippen LogP contribution < -0.4 is 20.1 Å². The Labute approximate surface area is 256 Å². The zero-order valence-corrected chi connectivity index (χ0v) is 26.2. The fourth-order valence-corrected chi connectivity index (χ4v) is 5.51. The maximum Gasteiger partial charge on any atom is 0.322 e. The highest BCUT2D eigenvalue weighted by molar-refractivity contribution is 5.95. The van der Waals surface area contributed by atoms with Crippen molar-refractivity contribution in [1.82, 2.24) is 15.1 Å². The number of halogens is 1. The summed E-state index contributed by atoms with van der Waals surface area (Å²) in [6, 6.07) is 15.8. The van der Waals surface area contributed by atoms with Gasteiger partial charge < -0.3 is 34.6 Å². The third-order valence-electron chi connectivity index (χ3n) is 7.83. The minimum Gasteiger partial charge on any atom is -0.493 e. The lowest BCUT2D eigenvalue weighted by atomic mass is 9.95. The number of carbonyl (C=O) groups excluding carboxylic acids is 2. The molecule has 2 N–H and O–H groups in total. The van der Waals surface area contributed by atoms with Crippen molar-refractivity contribution in [3.05, 3.63) is 54.1 Å². The molecule has 3 amide bonds. The Balaban J connectivity index is 0.00000484. The van der Waals surface area contributed by atoms with E-state index >= 15 is 0 Å². The van der Waals surface area contributed by atoms with Crippen LogP contribution in [0.25, 0.3) is 0 Å². The second-order valence-corrected chi connectivity index (χ2v) is 11.2. The summed E-state index contributed by atoms with van der Waals surface area (Å²) in [5.41, 5.74) is 1.41. The number of nitrogens with zero attached hydrogens (tertiary/aromatic N) is 2. The highest BCUT2D eigenvalue weighted by Gasteiger charge is 2.35. The average Bonchev–Trinajstić information content (AvgIpc) is 3.82. The average molecular weight is 603 g/mol. The van der Waals surface area contributed by atoms with Gasteiger partial charge in [0.2, 0.25) is 0 Å². The van der Waals surface area contributed by atoms with Crippen LogP contribution in [0.2, 0.25) is 0 Å². The van der Waals surface area contributed by atoms with Gasteiger partial charge in [-0.25, -0.2) is 4.79 Å². The van der Waals surface area contributed by atoms with E-state index in [1.165, 1.54) is 0 Å². The fourth-order valence-electron chi connectivity index (χ4n) is 5.51. The van der Waals surface area contributed by atoms with Gasteiger partial charge in [-0.15, -0.1) is 12.4 Å². The molecule has 0 unspecified atom stereocenters. The third-order valence-corrected chi connectivity index (χ3v) is 7.83. The zero-order chi connectivity index (χ0) is 29.2. The Kier molecular flexibility index (Phi) is 13.2. The summed E-state index contributed by atoms with van der Waals surface area (Å²) in [6.07, 6.45) is 5.65. The molecule has 2 atom stereocenters. The molecule has 1 aliphatic heterocycles. The van der Waals surface area contributed by atoms with Crippen LogP contribution >= 0.6 is 12.4 Å². The Morgan fingerprint density at radius 2 is 1.71 bits per heavy atom. The third kappa shape index (κ3) is 9.24. The number of methoxy groups -OCH3 is 2. The topological polar surface area (TPSA) is 92.4 Å². The quantitative estimate of drug-likeness (QED) is 0.274. The van der Waals surface area contributed by atoms with Crippen LogP contribution in [0, 0.1) is 0 Å². The molecule has 1 heterocycles. The van der Waals surface area contributed by atoms with Crippen LogP contribution in [-0.4, -0.2) is 86.4 Å². The number of nitrogens with one attached hydrogen (secondary N) is 2. The molecule has 1 saturated heterocycles. The first-order valence-corrected chi connectivity index (χ1v) is 14.9. The highest BCUT2D eigenvalue weighted by Crippen LogP contribution is 2.31. The molecule has 2 aromatic rings. The summed E-state index contributed by atoms with van der Waals surface area (Å²) in [6.45, 7) is 6.66. The summed E-state index contributed by atoms with van der Waals surface area (Å²) in [5.74, 6) is 1.17. The molecular formula is C32H47ClN4O5. The van der Waals surface area contributed by atoms with Gasteiger partial charge in [-0.3, -0.25) is 4.79 Å². The van der Waals surface area contributed by atoms with E-state index in [1.807, 2.05) is 46.2 Å². The number of anilines is 1. The minimum absolute atomic E-state index is 0. The number of piperidine rings is 1.